The largest absolute Gasteiger partial charge is 0.496 e. The Balaban J connectivity index is 1.97. The van der Waals surface area contributed by atoms with Crippen molar-refractivity contribution in [2.24, 2.45) is 5.41 Å². The molecular weight excluding hydrogens is 296 g/mol. The molecule has 1 N–H and O–H groups in total. The van der Waals surface area contributed by atoms with Gasteiger partial charge < -0.3 is 19.5 Å². The highest BCUT2D eigenvalue weighted by molar-refractivity contribution is 5.87. The van der Waals surface area contributed by atoms with E-state index in [4.69, 9.17) is 9.47 Å². The number of aliphatic hydroxyl groups excluding tert-OH is 1. The summed E-state index contributed by atoms with van der Waals surface area (Å²) in [5.74, 6) is 0.997. The molecule has 0 unspecified atom stereocenters. The maximum atomic E-state index is 12.8. The molecule has 0 spiro atoms. The van der Waals surface area contributed by atoms with Gasteiger partial charge in [-0.15, -0.1) is 0 Å². The van der Waals surface area contributed by atoms with Crippen LogP contribution in [0.25, 0.3) is 0 Å². The Hall–Kier alpha value is -2.26. The van der Waals surface area contributed by atoms with Crippen LogP contribution in [0.1, 0.15) is 36.5 Å². The van der Waals surface area contributed by atoms with E-state index < -0.39 is 11.5 Å². The summed E-state index contributed by atoms with van der Waals surface area (Å²) in [6.45, 7) is 0.480. The average Bonchev–Trinajstić information content (AvgIpc) is 2.53. The van der Waals surface area contributed by atoms with Crippen LogP contribution < -0.4 is 9.47 Å². The van der Waals surface area contributed by atoms with Crippen molar-refractivity contribution in [2.75, 3.05) is 20.8 Å². The van der Waals surface area contributed by atoms with E-state index in [1.54, 1.807) is 31.3 Å². The number of amides is 1. The lowest BCUT2D eigenvalue weighted by atomic mass is 9.68. The van der Waals surface area contributed by atoms with E-state index in [2.05, 4.69) is 6.07 Å². The maximum Gasteiger partial charge on any atom is 0.243 e. The molecule has 1 aliphatic carbocycles. The molecule has 0 aromatic heterocycles. The number of carbonyl (C=O) groups excluding carboxylic acids is 1. The van der Waals surface area contributed by atoms with Gasteiger partial charge >= 0.3 is 0 Å². The fourth-order valence-electron chi connectivity index (χ4n) is 3.44. The number of hydrogen-bond donors (Lipinski definition) is 1. The van der Waals surface area contributed by atoms with Gasteiger partial charge in [-0.2, -0.15) is 5.26 Å². The Morgan fingerprint density at radius 1 is 1.35 bits per heavy atom. The highest BCUT2D eigenvalue weighted by Crippen LogP contribution is 2.45. The maximum absolute atomic E-state index is 12.8. The molecule has 1 aromatic rings. The summed E-state index contributed by atoms with van der Waals surface area (Å²) < 4.78 is 10.7. The van der Waals surface area contributed by atoms with Crippen LogP contribution in [-0.2, 0) is 11.3 Å². The van der Waals surface area contributed by atoms with Crippen molar-refractivity contribution in [3.8, 4) is 17.6 Å². The van der Waals surface area contributed by atoms with E-state index in [1.165, 1.54) is 0 Å². The molecule has 0 bridgehead atoms. The Kier molecular flexibility index (Phi) is 3.90. The lowest BCUT2D eigenvalue weighted by molar-refractivity contribution is -0.146. The standard InChI is InChI=1S/C17H20N2O4/c1-22-13-4-5-14(23-2)15-11(13)8-19(9-12(15)20)16(21)17(10-18)6-3-7-17/h4-5,12,20H,3,6-9H2,1-2H3/t12-/m0/s1. The van der Waals surface area contributed by atoms with Crippen molar-refractivity contribution in [3.63, 3.8) is 0 Å². The number of carbonyl (C=O) groups is 1. The topological polar surface area (TPSA) is 82.8 Å². The predicted octanol–water partition coefficient (Wildman–Crippen LogP) is 1.77. The molecule has 1 fully saturated rings. The lowest BCUT2D eigenvalue weighted by Crippen LogP contribution is -2.49. The molecule has 1 aromatic carbocycles. The molecular formula is C17H20N2O4. The third-order valence-electron chi connectivity index (χ3n) is 4.91. The van der Waals surface area contributed by atoms with Gasteiger partial charge in [0.2, 0.25) is 5.91 Å². The zero-order valence-electron chi connectivity index (χ0n) is 13.3. The van der Waals surface area contributed by atoms with Gasteiger partial charge in [-0.1, -0.05) is 0 Å². The van der Waals surface area contributed by atoms with Crippen LogP contribution in [0, 0.1) is 16.7 Å². The predicted molar refractivity (Wildman–Crippen MR) is 81.8 cm³/mol. The summed E-state index contributed by atoms with van der Waals surface area (Å²) in [7, 11) is 3.10. The number of hydrogen-bond acceptors (Lipinski definition) is 5. The van der Waals surface area contributed by atoms with Crippen LogP contribution in [0.3, 0.4) is 0 Å². The first-order valence-electron chi connectivity index (χ1n) is 7.69. The molecule has 0 radical (unpaired) electrons. The molecule has 23 heavy (non-hydrogen) atoms. The summed E-state index contributed by atoms with van der Waals surface area (Å²) >= 11 is 0. The summed E-state index contributed by atoms with van der Waals surface area (Å²) in [4.78, 5) is 14.3. The van der Waals surface area contributed by atoms with Crippen LogP contribution in [0.2, 0.25) is 0 Å². The van der Waals surface area contributed by atoms with E-state index in [-0.39, 0.29) is 12.5 Å². The van der Waals surface area contributed by atoms with Gasteiger partial charge in [-0.05, 0) is 31.4 Å². The third-order valence-corrected chi connectivity index (χ3v) is 4.91. The second kappa shape index (κ2) is 5.74. The van der Waals surface area contributed by atoms with Crippen molar-refractivity contribution in [3.05, 3.63) is 23.3 Å². The molecule has 1 amide bonds. The van der Waals surface area contributed by atoms with Crippen LogP contribution in [0.5, 0.6) is 11.5 Å². The van der Waals surface area contributed by atoms with Gasteiger partial charge in [0.05, 0.1) is 26.8 Å². The van der Waals surface area contributed by atoms with Crippen LogP contribution in [0.4, 0.5) is 0 Å². The molecule has 1 saturated carbocycles. The summed E-state index contributed by atoms with van der Waals surface area (Å²) in [5.41, 5.74) is 0.491. The molecule has 6 nitrogen and oxygen atoms in total. The number of aliphatic hydroxyl groups is 1. The van der Waals surface area contributed by atoms with E-state index in [0.29, 0.717) is 36.4 Å². The van der Waals surface area contributed by atoms with Crippen molar-refractivity contribution in [2.45, 2.75) is 31.9 Å². The minimum absolute atomic E-state index is 0.165. The quantitative estimate of drug-likeness (QED) is 0.919. The van der Waals surface area contributed by atoms with Gasteiger partial charge in [0.25, 0.3) is 0 Å². The van der Waals surface area contributed by atoms with E-state index >= 15 is 0 Å². The Labute approximate surface area is 135 Å². The molecule has 1 aliphatic heterocycles. The highest BCUT2D eigenvalue weighted by Gasteiger charge is 2.48. The highest BCUT2D eigenvalue weighted by atomic mass is 16.5. The fraction of sp³-hybridized carbons (Fsp3) is 0.529. The second-order valence-electron chi connectivity index (χ2n) is 6.11. The number of methoxy groups -OCH3 is 2. The monoisotopic (exact) mass is 316 g/mol. The van der Waals surface area contributed by atoms with Crippen molar-refractivity contribution < 1.29 is 19.4 Å². The van der Waals surface area contributed by atoms with Crippen molar-refractivity contribution in [1.29, 1.82) is 5.26 Å². The van der Waals surface area contributed by atoms with Gasteiger partial charge in [0, 0.05) is 17.7 Å². The normalized spacial score (nSPS) is 21.7. The number of benzene rings is 1. The number of fused-ring (bicyclic) bond motifs is 1. The lowest BCUT2D eigenvalue weighted by Gasteiger charge is -2.41. The Morgan fingerprint density at radius 2 is 2.00 bits per heavy atom. The smallest absolute Gasteiger partial charge is 0.243 e. The SMILES string of the molecule is COc1ccc(OC)c2c1CN(C(=O)C1(C#N)CCC1)C[C@@H]2O. The van der Waals surface area contributed by atoms with E-state index in [1.807, 2.05) is 0 Å². The van der Waals surface area contributed by atoms with E-state index in [0.717, 1.165) is 12.0 Å². The minimum Gasteiger partial charge on any atom is -0.496 e. The van der Waals surface area contributed by atoms with Crippen LogP contribution >= 0.6 is 0 Å². The molecule has 1 atom stereocenters. The number of rotatable bonds is 3. The average molecular weight is 316 g/mol. The minimum atomic E-state index is -0.913. The zero-order valence-corrected chi connectivity index (χ0v) is 13.3. The molecule has 6 heteroatoms. The molecule has 1 heterocycles. The van der Waals surface area contributed by atoms with Crippen LogP contribution in [0.15, 0.2) is 12.1 Å². The van der Waals surface area contributed by atoms with E-state index in [9.17, 15) is 15.2 Å². The Morgan fingerprint density at radius 3 is 2.52 bits per heavy atom. The van der Waals surface area contributed by atoms with Gasteiger partial charge in [0.1, 0.15) is 23.0 Å². The van der Waals surface area contributed by atoms with Crippen LogP contribution in [-0.4, -0.2) is 36.7 Å². The van der Waals surface area contributed by atoms with Gasteiger partial charge in [0.15, 0.2) is 0 Å². The molecule has 122 valence electrons. The fourth-order valence-corrected chi connectivity index (χ4v) is 3.44. The first kappa shape index (κ1) is 15.6. The van der Waals surface area contributed by atoms with Crippen molar-refractivity contribution >= 4 is 5.91 Å². The first-order chi connectivity index (χ1) is 11.1. The Bertz CT molecular complexity index is 676. The second-order valence-corrected chi connectivity index (χ2v) is 6.11. The third kappa shape index (κ3) is 2.32. The number of ether oxygens (including phenoxy) is 2. The van der Waals surface area contributed by atoms with Gasteiger partial charge in [-0.3, -0.25) is 4.79 Å². The summed E-state index contributed by atoms with van der Waals surface area (Å²) in [6.07, 6.45) is 1.22. The van der Waals surface area contributed by atoms with Gasteiger partial charge in [-0.25, -0.2) is 0 Å². The number of nitrogens with zero attached hydrogens (tertiary/aromatic N) is 2. The number of nitriles is 1. The van der Waals surface area contributed by atoms with Crippen molar-refractivity contribution in [1.82, 2.24) is 4.90 Å². The molecule has 0 saturated heterocycles. The summed E-state index contributed by atoms with van der Waals surface area (Å²) in [6, 6.07) is 5.69. The zero-order chi connectivity index (χ0) is 16.6. The summed E-state index contributed by atoms with van der Waals surface area (Å²) in [5, 5.41) is 19.9. The molecule has 3 rings (SSSR count). The first-order valence-corrected chi connectivity index (χ1v) is 7.69. The number of β-amino-alcohol motifs (C(OH)–C–C–N with tert-alkyl or cyclic N) is 1. The molecule has 2 aliphatic rings.